The summed E-state index contributed by atoms with van der Waals surface area (Å²) in [6.07, 6.45) is 2.19. The maximum Gasteiger partial charge on any atom is 0.311 e. The Morgan fingerprint density at radius 3 is 2.29 bits per heavy atom. The average molecular weight is 202 g/mol. The minimum atomic E-state index is -0.413. The molecule has 0 amide bonds. The molecule has 14 heavy (non-hydrogen) atoms. The SMILES string of the molecule is CCCCOCCOC(=O)C(C)(C)C. The second-order valence-corrected chi connectivity index (χ2v) is 4.35. The summed E-state index contributed by atoms with van der Waals surface area (Å²) in [6, 6.07) is 0. The topological polar surface area (TPSA) is 35.5 Å². The van der Waals surface area contributed by atoms with E-state index in [1.807, 2.05) is 20.8 Å². The zero-order chi connectivity index (χ0) is 11.0. The van der Waals surface area contributed by atoms with Crippen LogP contribution in [0.3, 0.4) is 0 Å². The molecule has 0 atom stereocenters. The van der Waals surface area contributed by atoms with Gasteiger partial charge in [0.15, 0.2) is 0 Å². The first kappa shape index (κ1) is 13.4. The summed E-state index contributed by atoms with van der Waals surface area (Å²) >= 11 is 0. The Bertz CT molecular complexity index is 158. The Hall–Kier alpha value is -0.570. The van der Waals surface area contributed by atoms with E-state index in [2.05, 4.69) is 6.92 Å². The molecule has 0 rings (SSSR count). The van der Waals surface area contributed by atoms with E-state index >= 15 is 0 Å². The van der Waals surface area contributed by atoms with E-state index < -0.39 is 5.41 Å². The van der Waals surface area contributed by atoms with Crippen molar-refractivity contribution < 1.29 is 14.3 Å². The van der Waals surface area contributed by atoms with Gasteiger partial charge in [-0.3, -0.25) is 4.79 Å². The largest absolute Gasteiger partial charge is 0.463 e. The maximum absolute atomic E-state index is 11.3. The van der Waals surface area contributed by atoms with Crippen LogP contribution in [0.1, 0.15) is 40.5 Å². The summed E-state index contributed by atoms with van der Waals surface area (Å²) < 4.78 is 10.3. The second-order valence-electron chi connectivity index (χ2n) is 4.35. The first-order valence-corrected chi connectivity index (χ1v) is 5.23. The number of carbonyl (C=O) groups excluding carboxylic acids is 1. The molecule has 0 fully saturated rings. The zero-order valence-corrected chi connectivity index (χ0v) is 9.76. The maximum atomic E-state index is 11.3. The molecule has 0 spiro atoms. The van der Waals surface area contributed by atoms with Gasteiger partial charge < -0.3 is 9.47 Å². The summed E-state index contributed by atoms with van der Waals surface area (Å²) in [4.78, 5) is 11.3. The highest BCUT2D eigenvalue weighted by Crippen LogP contribution is 2.14. The third kappa shape index (κ3) is 6.89. The van der Waals surface area contributed by atoms with Crippen molar-refractivity contribution in [2.75, 3.05) is 19.8 Å². The van der Waals surface area contributed by atoms with Crippen LogP contribution in [0.2, 0.25) is 0 Å². The highest BCUT2D eigenvalue weighted by Gasteiger charge is 2.22. The molecule has 3 heteroatoms. The van der Waals surface area contributed by atoms with E-state index in [4.69, 9.17) is 9.47 Å². The van der Waals surface area contributed by atoms with Gasteiger partial charge >= 0.3 is 5.97 Å². The zero-order valence-electron chi connectivity index (χ0n) is 9.76. The van der Waals surface area contributed by atoms with Crippen LogP contribution in [0.4, 0.5) is 0 Å². The number of hydrogen-bond donors (Lipinski definition) is 0. The van der Waals surface area contributed by atoms with Gasteiger partial charge in [0, 0.05) is 6.61 Å². The lowest BCUT2D eigenvalue weighted by molar-refractivity contribution is -0.154. The van der Waals surface area contributed by atoms with Crippen LogP contribution in [0.5, 0.6) is 0 Å². The van der Waals surface area contributed by atoms with Gasteiger partial charge in [-0.1, -0.05) is 13.3 Å². The number of esters is 1. The van der Waals surface area contributed by atoms with Gasteiger partial charge in [-0.2, -0.15) is 0 Å². The normalized spacial score (nSPS) is 11.4. The molecule has 0 saturated carbocycles. The quantitative estimate of drug-likeness (QED) is 0.490. The van der Waals surface area contributed by atoms with Gasteiger partial charge in [0.05, 0.1) is 12.0 Å². The lowest BCUT2D eigenvalue weighted by Crippen LogP contribution is -2.24. The number of unbranched alkanes of at least 4 members (excludes halogenated alkanes) is 1. The van der Waals surface area contributed by atoms with E-state index in [0.29, 0.717) is 13.2 Å². The summed E-state index contributed by atoms with van der Waals surface area (Å²) in [7, 11) is 0. The van der Waals surface area contributed by atoms with Gasteiger partial charge in [-0.05, 0) is 27.2 Å². The van der Waals surface area contributed by atoms with Crippen molar-refractivity contribution in [2.45, 2.75) is 40.5 Å². The molecule has 0 aliphatic heterocycles. The smallest absolute Gasteiger partial charge is 0.311 e. The fraction of sp³-hybridized carbons (Fsp3) is 0.909. The van der Waals surface area contributed by atoms with E-state index in [9.17, 15) is 4.79 Å². The minimum absolute atomic E-state index is 0.170. The predicted octanol–water partition coefficient (Wildman–Crippen LogP) is 2.39. The molecular weight excluding hydrogens is 180 g/mol. The first-order valence-electron chi connectivity index (χ1n) is 5.23. The molecule has 0 aliphatic rings. The molecule has 0 N–H and O–H groups in total. The molecule has 0 aliphatic carbocycles. The molecule has 0 radical (unpaired) electrons. The second kappa shape index (κ2) is 6.82. The van der Waals surface area contributed by atoms with E-state index in [0.717, 1.165) is 19.4 Å². The fourth-order valence-corrected chi connectivity index (χ4v) is 0.758. The monoisotopic (exact) mass is 202 g/mol. The van der Waals surface area contributed by atoms with Crippen molar-refractivity contribution in [1.29, 1.82) is 0 Å². The molecule has 0 unspecified atom stereocenters. The number of hydrogen-bond acceptors (Lipinski definition) is 3. The molecule has 84 valence electrons. The van der Waals surface area contributed by atoms with Crippen molar-refractivity contribution >= 4 is 5.97 Å². The summed E-state index contributed by atoms with van der Waals surface area (Å²) in [5.41, 5.74) is -0.413. The summed E-state index contributed by atoms with van der Waals surface area (Å²) in [5, 5.41) is 0. The van der Waals surface area contributed by atoms with Crippen molar-refractivity contribution in [3.8, 4) is 0 Å². The van der Waals surface area contributed by atoms with Crippen LogP contribution in [0.15, 0.2) is 0 Å². The predicted molar refractivity (Wildman–Crippen MR) is 56.1 cm³/mol. The molecule has 0 heterocycles. The molecule has 0 aromatic rings. The standard InChI is InChI=1S/C11H22O3/c1-5-6-7-13-8-9-14-10(12)11(2,3)4/h5-9H2,1-4H3. The Labute approximate surface area is 86.8 Å². The summed E-state index contributed by atoms with van der Waals surface area (Å²) in [5.74, 6) is -0.170. The van der Waals surface area contributed by atoms with Crippen LogP contribution >= 0.6 is 0 Å². The molecule has 0 bridgehead atoms. The van der Waals surface area contributed by atoms with Gasteiger partial charge in [0.2, 0.25) is 0 Å². The Morgan fingerprint density at radius 2 is 1.79 bits per heavy atom. The number of rotatable bonds is 6. The first-order chi connectivity index (χ1) is 6.48. The third-order valence-electron chi connectivity index (χ3n) is 1.72. The van der Waals surface area contributed by atoms with E-state index in [1.165, 1.54) is 0 Å². The molecule has 0 aromatic carbocycles. The average Bonchev–Trinajstić information content (AvgIpc) is 2.09. The number of carbonyl (C=O) groups is 1. The van der Waals surface area contributed by atoms with Crippen molar-refractivity contribution in [3.05, 3.63) is 0 Å². The van der Waals surface area contributed by atoms with Crippen LogP contribution < -0.4 is 0 Å². The van der Waals surface area contributed by atoms with Gasteiger partial charge in [0.1, 0.15) is 6.61 Å². The molecular formula is C11H22O3. The van der Waals surface area contributed by atoms with Crippen LogP contribution in [-0.2, 0) is 14.3 Å². The Kier molecular flexibility index (Phi) is 6.54. The highest BCUT2D eigenvalue weighted by atomic mass is 16.6. The van der Waals surface area contributed by atoms with Gasteiger partial charge in [-0.15, -0.1) is 0 Å². The fourth-order valence-electron chi connectivity index (χ4n) is 0.758. The molecule has 0 aromatic heterocycles. The number of ether oxygens (including phenoxy) is 2. The van der Waals surface area contributed by atoms with Gasteiger partial charge in [0.25, 0.3) is 0 Å². The van der Waals surface area contributed by atoms with Crippen molar-refractivity contribution in [2.24, 2.45) is 5.41 Å². The van der Waals surface area contributed by atoms with Crippen LogP contribution in [0.25, 0.3) is 0 Å². The summed E-state index contributed by atoms with van der Waals surface area (Å²) in [6.45, 7) is 9.25. The minimum Gasteiger partial charge on any atom is -0.463 e. The lowest BCUT2D eigenvalue weighted by Gasteiger charge is -2.16. The molecule has 0 saturated heterocycles. The van der Waals surface area contributed by atoms with Gasteiger partial charge in [-0.25, -0.2) is 0 Å². The third-order valence-corrected chi connectivity index (χ3v) is 1.72. The molecule has 3 nitrogen and oxygen atoms in total. The Morgan fingerprint density at radius 1 is 1.14 bits per heavy atom. The highest BCUT2D eigenvalue weighted by molar-refractivity contribution is 5.75. The Balaban J connectivity index is 3.33. The van der Waals surface area contributed by atoms with Crippen molar-refractivity contribution in [1.82, 2.24) is 0 Å². The van der Waals surface area contributed by atoms with Crippen molar-refractivity contribution in [3.63, 3.8) is 0 Å². The van der Waals surface area contributed by atoms with E-state index in [1.54, 1.807) is 0 Å². The lowest BCUT2D eigenvalue weighted by atomic mass is 9.97. The van der Waals surface area contributed by atoms with E-state index in [-0.39, 0.29) is 5.97 Å². The van der Waals surface area contributed by atoms with Crippen LogP contribution in [-0.4, -0.2) is 25.8 Å². The van der Waals surface area contributed by atoms with Crippen LogP contribution in [0, 0.1) is 5.41 Å².